The number of piperidine rings is 1. The van der Waals surface area contributed by atoms with E-state index in [1.807, 2.05) is 0 Å². The average Bonchev–Trinajstić information content (AvgIpc) is 2.49. The lowest BCUT2D eigenvalue weighted by Crippen LogP contribution is -2.47. The van der Waals surface area contributed by atoms with E-state index in [-0.39, 0.29) is 17.5 Å². The van der Waals surface area contributed by atoms with Gasteiger partial charge in [0.15, 0.2) is 0 Å². The van der Waals surface area contributed by atoms with E-state index in [9.17, 15) is 9.18 Å². The zero-order valence-corrected chi connectivity index (χ0v) is 11.7. The highest BCUT2D eigenvalue weighted by atomic mass is 19.1. The molecule has 106 valence electrons. The molecular weight excluding hydrogens is 255 g/mol. The molecule has 1 saturated heterocycles. The number of carbonyl (C=O) groups is 1. The first-order chi connectivity index (χ1) is 9.69. The van der Waals surface area contributed by atoms with Gasteiger partial charge in [0.25, 0.3) is 5.91 Å². The van der Waals surface area contributed by atoms with Crippen LogP contribution in [0.5, 0.6) is 0 Å². The molecule has 1 aliphatic rings. The third kappa shape index (κ3) is 2.79. The van der Waals surface area contributed by atoms with Crippen molar-refractivity contribution in [2.75, 3.05) is 13.6 Å². The van der Waals surface area contributed by atoms with Gasteiger partial charge in [0.05, 0.1) is 17.3 Å². The van der Waals surface area contributed by atoms with Gasteiger partial charge in [0.1, 0.15) is 5.82 Å². The summed E-state index contributed by atoms with van der Waals surface area (Å²) in [4.78, 5) is 18.5. The molecule has 0 aromatic heterocycles. The van der Waals surface area contributed by atoms with E-state index in [0.717, 1.165) is 25.0 Å². The van der Waals surface area contributed by atoms with E-state index in [1.54, 1.807) is 30.2 Å². The van der Waals surface area contributed by atoms with E-state index >= 15 is 0 Å². The van der Waals surface area contributed by atoms with Crippen LogP contribution < -0.4 is 0 Å². The quantitative estimate of drug-likeness (QED) is 0.780. The van der Waals surface area contributed by atoms with Crippen molar-refractivity contribution >= 4 is 11.6 Å². The van der Waals surface area contributed by atoms with Crippen LogP contribution in [0.15, 0.2) is 41.9 Å². The van der Waals surface area contributed by atoms with Gasteiger partial charge in [-0.2, -0.15) is 0 Å². The lowest BCUT2D eigenvalue weighted by Gasteiger charge is -2.36. The molecule has 0 aliphatic carbocycles. The zero-order chi connectivity index (χ0) is 14.5. The molecule has 0 N–H and O–H groups in total. The summed E-state index contributed by atoms with van der Waals surface area (Å²) in [6.07, 6.45) is 4.50. The van der Waals surface area contributed by atoms with Crippen molar-refractivity contribution in [2.24, 2.45) is 4.99 Å². The average molecular weight is 274 g/mol. The first-order valence-electron chi connectivity index (χ1n) is 6.83. The third-order valence-corrected chi connectivity index (χ3v) is 3.68. The lowest BCUT2D eigenvalue weighted by atomic mass is 9.96. The van der Waals surface area contributed by atoms with Gasteiger partial charge in [-0.3, -0.25) is 9.79 Å². The van der Waals surface area contributed by atoms with Crippen LogP contribution in [0.1, 0.15) is 29.6 Å². The van der Waals surface area contributed by atoms with Gasteiger partial charge >= 0.3 is 0 Å². The van der Waals surface area contributed by atoms with Crippen LogP contribution in [-0.4, -0.2) is 36.2 Å². The van der Waals surface area contributed by atoms with Gasteiger partial charge in [-0.15, -0.1) is 0 Å². The van der Waals surface area contributed by atoms with Crippen LogP contribution in [0.3, 0.4) is 0 Å². The van der Waals surface area contributed by atoms with Crippen LogP contribution in [0, 0.1) is 5.82 Å². The van der Waals surface area contributed by atoms with Crippen molar-refractivity contribution < 1.29 is 9.18 Å². The second kappa shape index (κ2) is 6.46. The number of aliphatic imine (C=N–C) groups is 1. The van der Waals surface area contributed by atoms with Gasteiger partial charge in [0.2, 0.25) is 0 Å². The summed E-state index contributed by atoms with van der Waals surface area (Å²) in [5, 5.41) is 0. The minimum absolute atomic E-state index is 0.0987. The fourth-order valence-electron chi connectivity index (χ4n) is 2.65. The van der Waals surface area contributed by atoms with Crippen LogP contribution in [-0.2, 0) is 0 Å². The molecule has 1 fully saturated rings. The number of halogens is 1. The van der Waals surface area contributed by atoms with Gasteiger partial charge in [0, 0.05) is 13.6 Å². The predicted octanol–water partition coefficient (Wildman–Crippen LogP) is 3.08. The molecule has 1 aliphatic heterocycles. The highest BCUT2D eigenvalue weighted by Gasteiger charge is 2.30. The maximum Gasteiger partial charge on any atom is 0.257 e. The number of hydrogen-bond acceptors (Lipinski definition) is 2. The SMILES string of the molecule is C=CC(=NC)C1CCCCN1C(=O)c1ccccc1F. The van der Waals surface area contributed by atoms with Crippen LogP contribution in [0.2, 0.25) is 0 Å². The maximum absolute atomic E-state index is 13.8. The molecular formula is C16H19FN2O. The van der Waals surface area contributed by atoms with Crippen molar-refractivity contribution in [2.45, 2.75) is 25.3 Å². The van der Waals surface area contributed by atoms with Crippen molar-refractivity contribution in [1.29, 1.82) is 0 Å². The molecule has 1 aromatic carbocycles. The summed E-state index contributed by atoms with van der Waals surface area (Å²) in [7, 11) is 1.69. The Morgan fingerprint density at radius 1 is 1.45 bits per heavy atom. The van der Waals surface area contributed by atoms with Crippen molar-refractivity contribution in [3.05, 3.63) is 48.3 Å². The molecule has 0 bridgehead atoms. The largest absolute Gasteiger partial charge is 0.330 e. The summed E-state index contributed by atoms with van der Waals surface area (Å²) in [5.41, 5.74) is 0.910. The molecule has 20 heavy (non-hydrogen) atoms. The van der Waals surface area contributed by atoms with Gasteiger partial charge in [-0.1, -0.05) is 18.7 Å². The number of amides is 1. The number of benzene rings is 1. The Hall–Kier alpha value is -1.97. The van der Waals surface area contributed by atoms with Crippen LogP contribution >= 0.6 is 0 Å². The topological polar surface area (TPSA) is 32.7 Å². The number of nitrogens with zero attached hydrogens (tertiary/aromatic N) is 2. The van der Waals surface area contributed by atoms with Crippen molar-refractivity contribution in [1.82, 2.24) is 4.90 Å². The second-order valence-electron chi connectivity index (χ2n) is 4.84. The van der Waals surface area contributed by atoms with E-state index in [0.29, 0.717) is 6.54 Å². The molecule has 4 heteroatoms. The van der Waals surface area contributed by atoms with E-state index < -0.39 is 5.82 Å². The Balaban J connectivity index is 2.31. The number of rotatable bonds is 3. The summed E-state index contributed by atoms with van der Waals surface area (Å²) in [6.45, 7) is 4.38. The molecule has 1 heterocycles. The number of likely N-dealkylation sites (tertiary alicyclic amines) is 1. The normalized spacial score (nSPS) is 19.8. The van der Waals surface area contributed by atoms with E-state index in [1.165, 1.54) is 12.1 Å². The van der Waals surface area contributed by atoms with Gasteiger partial charge in [-0.25, -0.2) is 4.39 Å². The zero-order valence-electron chi connectivity index (χ0n) is 11.7. The fourth-order valence-corrected chi connectivity index (χ4v) is 2.65. The maximum atomic E-state index is 13.8. The molecule has 3 nitrogen and oxygen atoms in total. The molecule has 1 unspecified atom stereocenters. The lowest BCUT2D eigenvalue weighted by molar-refractivity contribution is 0.0676. The minimum atomic E-state index is -0.476. The summed E-state index contributed by atoms with van der Waals surface area (Å²) >= 11 is 0. The van der Waals surface area contributed by atoms with Gasteiger partial charge < -0.3 is 4.90 Å². The first-order valence-corrected chi connectivity index (χ1v) is 6.83. The monoisotopic (exact) mass is 274 g/mol. The Morgan fingerprint density at radius 2 is 2.20 bits per heavy atom. The van der Waals surface area contributed by atoms with Crippen molar-refractivity contribution in [3.63, 3.8) is 0 Å². The molecule has 0 radical (unpaired) electrons. The summed E-state index contributed by atoms with van der Waals surface area (Å²) in [6, 6.07) is 6.01. The van der Waals surface area contributed by atoms with Crippen molar-refractivity contribution in [3.8, 4) is 0 Å². The Morgan fingerprint density at radius 3 is 2.85 bits per heavy atom. The first kappa shape index (κ1) is 14.4. The van der Waals surface area contributed by atoms with E-state index in [2.05, 4.69) is 11.6 Å². The van der Waals surface area contributed by atoms with Crippen LogP contribution in [0.4, 0.5) is 4.39 Å². The molecule has 0 saturated carbocycles. The number of carbonyl (C=O) groups excluding carboxylic acids is 1. The Kier molecular flexibility index (Phi) is 4.66. The third-order valence-electron chi connectivity index (χ3n) is 3.68. The van der Waals surface area contributed by atoms with Gasteiger partial charge in [-0.05, 0) is 37.5 Å². The minimum Gasteiger partial charge on any atom is -0.330 e. The standard InChI is InChI=1S/C16H19FN2O/c1-3-14(18-2)15-10-6-7-11-19(15)16(20)12-8-4-5-9-13(12)17/h3-5,8-9,15H,1,6-7,10-11H2,2H3. The summed E-state index contributed by atoms with van der Waals surface area (Å²) < 4.78 is 13.8. The smallest absolute Gasteiger partial charge is 0.257 e. The Labute approximate surface area is 118 Å². The predicted molar refractivity (Wildman–Crippen MR) is 78.6 cm³/mol. The van der Waals surface area contributed by atoms with Crippen LogP contribution in [0.25, 0.3) is 0 Å². The molecule has 0 spiro atoms. The fraction of sp³-hybridized carbons (Fsp3) is 0.375. The highest BCUT2D eigenvalue weighted by molar-refractivity contribution is 6.03. The molecule has 1 atom stereocenters. The second-order valence-corrected chi connectivity index (χ2v) is 4.84. The number of hydrogen-bond donors (Lipinski definition) is 0. The highest BCUT2D eigenvalue weighted by Crippen LogP contribution is 2.22. The molecule has 1 amide bonds. The van der Waals surface area contributed by atoms with E-state index in [4.69, 9.17) is 0 Å². The molecule has 2 rings (SSSR count). The summed E-state index contributed by atoms with van der Waals surface area (Å²) in [5.74, 6) is -0.744. The molecule has 1 aromatic rings. The Bertz CT molecular complexity index is 539.